The van der Waals surface area contributed by atoms with Crippen molar-refractivity contribution in [1.82, 2.24) is 29.4 Å². The maximum atomic E-state index is 12.6. The number of aromatic nitrogens is 5. The predicted octanol–water partition coefficient (Wildman–Crippen LogP) is 6.08. The summed E-state index contributed by atoms with van der Waals surface area (Å²) in [6.07, 6.45) is 4.00. The molecule has 1 unspecified atom stereocenters. The number of imidazole rings is 1. The highest BCUT2D eigenvalue weighted by molar-refractivity contribution is 5.81. The van der Waals surface area contributed by atoms with Gasteiger partial charge in [-0.25, -0.2) is 14.5 Å². The number of carboxylic acids is 2. The van der Waals surface area contributed by atoms with Gasteiger partial charge in [-0.2, -0.15) is 13.2 Å². The van der Waals surface area contributed by atoms with Crippen LogP contribution in [0.4, 0.5) is 13.2 Å². The SMILES string of the molecule is Cc1ccc(C(c2ccc3c(nnn3C)c2C)C(C)(C)C(=O)O)cc1Cn1ccnc1CN1CCCCCC1.O=C(O)C(F)(F)F. The Hall–Kier alpha value is -4.26. The molecule has 2 aromatic carbocycles. The molecule has 0 saturated carbocycles. The standard InChI is InChI=1S/C31H40N6O2.C2HF3O2/c1-21-10-11-23(18-24(21)19-37-17-14-32-27(37)20-36-15-8-6-7-9-16-36)28(31(3,4)30(38)39)25-12-13-26-29(22(25)2)33-34-35(26)5;3-2(4,5)1(6)7/h10-14,17-18,28H,6-9,15-16,19-20H2,1-5H3,(H,38,39);(H,6,7). The summed E-state index contributed by atoms with van der Waals surface area (Å²) in [5.74, 6) is -2.87. The average Bonchev–Trinajstić information content (AvgIpc) is 3.48. The van der Waals surface area contributed by atoms with Crippen molar-refractivity contribution >= 4 is 23.0 Å². The van der Waals surface area contributed by atoms with E-state index in [0.29, 0.717) is 6.54 Å². The Morgan fingerprint density at radius 2 is 1.61 bits per heavy atom. The zero-order valence-corrected chi connectivity index (χ0v) is 26.8. The molecule has 3 heterocycles. The summed E-state index contributed by atoms with van der Waals surface area (Å²) >= 11 is 0. The van der Waals surface area contributed by atoms with Crippen molar-refractivity contribution in [3.05, 3.63) is 76.4 Å². The number of carboxylic acid groups (broad SMARTS) is 2. The average molecular weight is 643 g/mol. The van der Waals surface area contributed by atoms with Crippen LogP contribution in [0.5, 0.6) is 0 Å². The second-order valence-corrected chi connectivity index (χ2v) is 12.5. The van der Waals surface area contributed by atoms with Gasteiger partial charge in [-0.1, -0.05) is 42.3 Å². The number of hydrogen-bond donors (Lipinski definition) is 2. The van der Waals surface area contributed by atoms with Crippen LogP contribution in [0.2, 0.25) is 0 Å². The summed E-state index contributed by atoms with van der Waals surface area (Å²) in [4.78, 5) is 28.7. The van der Waals surface area contributed by atoms with E-state index in [1.807, 2.05) is 46.1 Å². The van der Waals surface area contributed by atoms with Gasteiger partial charge in [-0.15, -0.1) is 5.10 Å². The third kappa shape index (κ3) is 7.75. The molecular formula is C33H41F3N6O4. The fourth-order valence-corrected chi connectivity index (χ4v) is 6.02. The third-order valence-electron chi connectivity index (χ3n) is 8.82. The van der Waals surface area contributed by atoms with Gasteiger partial charge in [0.05, 0.1) is 17.5 Å². The second kappa shape index (κ2) is 14.0. The highest BCUT2D eigenvalue weighted by atomic mass is 19.4. The van der Waals surface area contributed by atoms with Crippen molar-refractivity contribution in [2.24, 2.45) is 12.5 Å². The molecule has 1 aliphatic heterocycles. The molecular weight excluding hydrogens is 601 g/mol. The highest BCUT2D eigenvalue weighted by Crippen LogP contribution is 2.44. The van der Waals surface area contributed by atoms with Gasteiger partial charge in [-0.3, -0.25) is 9.69 Å². The van der Waals surface area contributed by atoms with Gasteiger partial charge in [0.25, 0.3) is 0 Å². The third-order valence-corrected chi connectivity index (χ3v) is 8.82. The molecule has 1 fully saturated rings. The number of rotatable bonds is 8. The van der Waals surface area contributed by atoms with Crippen LogP contribution in [-0.2, 0) is 29.7 Å². The summed E-state index contributed by atoms with van der Waals surface area (Å²) in [7, 11) is 1.87. The van der Waals surface area contributed by atoms with E-state index in [1.165, 1.54) is 36.8 Å². The van der Waals surface area contributed by atoms with E-state index in [-0.39, 0.29) is 5.92 Å². The molecule has 0 bridgehead atoms. The van der Waals surface area contributed by atoms with Crippen molar-refractivity contribution in [2.75, 3.05) is 13.1 Å². The van der Waals surface area contributed by atoms with Crippen LogP contribution in [0.1, 0.15) is 79.1 Å². The van der Waals surface area contributed by atoms with Gasteiger partial charge in [0.2, 0.25) is 0 Å². The lowest BCUT2D eigenvalue weighted by atomic mass is 9.69. The Morgan fingerprint density at radius 1 is 0.957 bits per heavy atom. The molecule has 0 aliphatic carbocycles. The smallest absolute Gasteiger partial charge is 0.481 e. The summed E-state index contributed by atoms with van der Waals surface area (Å²) in [6.45, 7) is 11.6. The van der Waals surface area contributed by atoms with Crippen molar-refractivity contribution in [1.29, 1.82) is 0 Å². The van der Waals surface area contributed by atoms with Crippen LogP contribution < -0.4 is 0 Å². The number of benzene rings is 2. The molecule has 1 saturated heterocycles. The lowest BCUT2D eigenvalue weighted by molar-refractivity contribution is -0.192. The largest absolute Gasteiger partial charge is 0.490 e. The first kappa shape index (κ1) is 34.6. The molecule has 1 atom stereocenters. The summed E-state index contributed by atoms with van der Waals surface area (Å²) < 4.78 is 35.7. The van der Waals surface area contributed by atoms with Crippen LogP contribution in [0.25, 0.3) is 11.0 Å². The van der Waals surface area contributed by atoms with E-state index in [1.54, 1.807) is 4.68 Å². The minimum Gasteiger partial charge on any atom is -0.481 e. The van der Waals surface area contributed by atoms with Crippen molar-refractivity contribution in [2.45, 2.75) is 78.6 Å². The molecule has 2 N–H and O–H groups in total. The normalized spacial score (nSPS) is 15.2. The van der Waals surface area contributed by atoms with Crippen LogP contribution in [0, 0.1) is 19.3 Å². The number of fused-ring (bicyclic) bond motifs is 1. The van der Waals surface area contributed by atoms with E-state index in [9.17, 15) is 23.1 Å². The van der Waals surface area contributed by atoms with Gasteiger partial charge < -0.3 is 14.8 Å². The fourth-order valence-electron chi connectivity index (χ4n) is 6.02. The number of aliphatic carboxylic acids is 2. The molecule has 5 rings (SSSR count). The Bertz CT molecular complexity index is 1690. The van der Waals surface area contributed by atoms with Crippen molar-refractivity contribution < 1.29 is 33.0 Å². The van der Waals surface area contributed by atoms with E-state index in [4.69, 9.17) is 14.9 Å². The lowest BCUT2D eigenvalue weighted by Gasteiger charge is -2.33. The molecule has 248 valence electrons. The summed E-state index contributed by atoms with van der Waals surface area (Å²) in [5.41, 5.74) is 5.98. The summed E-state index contributed by atoms with van der Waals surface area (Å²) in [5, 5.41) is 26.0. The van der Waals surface area contributed by atoms with E-state index in [0.717, 1.165) is 53.2 Å². The Morgan fingerprint density at radius 3 is 2.22 bits per heavy atom. The van der Waals surface area contributed by atoms with Gasteiger partial charge in [-0.05, 0) is 87.5 Å². The number of hydrogen-bond acceptors (Lipinski definition) is 6. The van der Waals surface area contributed by atoms with Gasteiger partial charge in [0.15, 0.2) is 0 Å². The highest BCUT2D eigenvalue weighted by Gasteiger charge is 2.40. The number of nitrogens with zero attached hydrogens (tertiary/aromatic N) is 6. The summed E-state index contributed by atoms with van der Waals surface area (Å²) in [6, 6.07) is 10.4. The Balaban J connectivity index is 0.000000617. The van der Waals surface area contributed by atoms with Crippen LogP contribution in [-0.4, -0.2) is 70.9 Å². The Kier molecular flexibility index (Phi) is 10.5. The molecule has 10 nitrogen and oxygen atoms in total. The minimum atomic E-state index is -5.08. The first-order valence-corrected chi connectivity index (χ1v) is 15.3. The molecule has 0 amide bonds. The maximum Gasteiger partial charge on any atom is 0.490 e. The molecule has 4 aromatic rings. The topological polar surface area (TPSA) is 126 Å². The molecule has 13 heteroatoms. The molecule has 46 heavy (non-hydrogen) atoms. The first-order chi connectivity index (χ1) is 21.6. The van der Waals surface area contributed by atoms with Crippen molar-refractivity contribution in [3.63, 3.8) is 0 Å². The van der Waals surface area contributed by atoms with Crippen LogP contribution in [0.15, 0.2) is 42.7 Å². The zero-order chi connectivity index (χ0) is 33.8. The van der Waals surface area contributed by atoms with Crippen LogP contribution >= 0.6 is 0 Å². The molecule has 1 aliphatic rings. The van der Waals surface area contributed by atoms with E-state index in [2.05, 4.69) is 51.1 Å². The van der Waals surface area contributed by atoms with Crippen LogP contribution in [0.3, 0.4) is 0 Å². The predicted molar refractivity (Wildman–Crippen MR) is 166 cm³/mol. The van der Waals surface area contributed by atoms with Gasteiger partial charge >= 0.3 is 18.1 Å². The molecule has 0 spiro atoms. The number of alkyl halides is 3. The number of carbonyl (C=O) groups is 2. The first-order valence-electron chi connectivity index (χ1n) is 15.3. The van der Waals surface area contributed by atoms with Crippen molar-refractivity contribution in [3.8, 4) is 0 Å². The quantitative estimate of drug-likeness (QED) is 0.237. The van der Waals surface area contributed by atoms with Gasteiger partial charge in [0.1, 0.15) is 11.3 Å². The second-order valence-electron chi connectivity index (χ2n) is 12.5. The monoisotopic (exact) mass is 642 g/mol. The lowest BCUT2D eigenvalue weighted by Crippen LogP contribution is -2.32. The number of halogens is 3. The fraction of sp³-hybridized carbons (Fsp3) is 0.485. The Labute approximate surface area is 265 Å². The van der Waals surface area contributed by atoms with E-state index < -0.39 is 23.5 Å². The number of aryl methyl sites for hydroxylation is 3. The number of likely N-dealkylation sites (tertiary alicyclic amines) is 1. The molecule has 0 radical (unpaired) electrons. The maximum absolute atomic E-state index is 12.6. The molecule has 2 aromatic heterocycles. The minimum absolute atomic E-state index is 0.361. The van der Waals surface area contributed by atoms with E-state index >= 15 is 0 Å². The van der Waals surface area contributed by atoms with Gasteiger partial charge in [0, 0.05) is 31.9 Å². The zero-order valence-electron chi connectivity index (χ0n) is 26.8.